The standard InChI is InChI=1S/C13H18ClN3O/c1-13(2,3)12(18)17-6-4-5-10(17)9-7-15-8-11(14)16-9/h7-8,10H,4-6H2,1-3H3. The minimum atomic E-state index is -0.366. The molecule has 1 aliphatic heterocycles. The van der Waals surface area contributed by atoms with Crippen LogP contribution in [0.15, 0.2) is 12.4 Å². The maximum atomic E-state index is 12.4. The average Bonchev–Trinajstić information content (AvgIpc) is 2.75. The van der Waals surface area contributed by atoms with Crippen molar-refractivity contribution in [3.8, 4) is 0 Å². The summed E-state index contributed by atoms with van der Waals surface area (Å²) in [6.45, 7) is 6.60. The van der Waals surface area contributed by atoms with Gasteiger partial charge in [0.15, 0.2) is 0 Å². The van der Waals surface area contributed by atoms with Gasteiger partial charge in [-0.3, -0.25) is 9.78 Å². The second-order valence-corrected chi connectivity index (χ2v) is 6.06. The van der Waals surface area contributed by atoms with E-state index in [0.29, 0.717) is 5.15 Å². The molecule has 0 aromatic carbocycles. The highest BCUT2D eigenvalue weighted by atomic mass is 35.5. The Morgan fingerprint density at radius 2 is 2.17 bits per heavy atom. The molecule has 1 fully saturated rings. The second kappa shape index (κ2) is 4.84. The van der Waals surface area contributed by atoms with E-state index in [2.05, 4.69) is 9.97 Å². The minimum Gasteiger partial charge on any atom is -0.334 e. The highest BCUT2D eigenvalue weighted by Crippen LogP contribution is 2.34. The smallest absolute Gasteiger partial charge is 0.228 e. The Morgan fingerprint density at radius 1 is 1.44 bits per heavy atom. The number of hydrogen-bond donors (Lipinski definition) is 0. The highest BCUT2D eigenvalue weighted by molar-refractivity contribution is 6.29. The third kappa shape index (κ3) is 2.64. The molecule has 1 atom stereocenters. The van der Waals surface area contributed by atoms with E-state index in [-0.39, 0.29) is 17.4 Å². The van der Waals surface area contributed by atoms with Crippen molar-refractivity contribution in [2.45, 2.75) is 39.7 Å². The van der Waals surface area contributed by atoms with Gasteiger partial charge in [0.25, 0.3) is 0 Å². The van der Waals surface area contributed by atoms with E-state index < -0.39 is 0 Å². The third-order valence-corrected chi connectivity index (χ3v) is 3.30. The van der Waals surface area contributed by atoms with Crippen LogP contribution >= 0.6 is 11.6 Å². The maximum absolute atomic E-state index is 12.4. The van der Waals surface area contributed by atoms with Crippen LogP contribution < -0.4 is 0 Å². The Bertz CT molecular complexity index is 456. The largest absolute Gasteiger partial charge is 0.334 e. The summed E-state index contributed by atoms with van der Waals surface area (Å²) in [4.78, 5) is 22.6. The number of aromatic nitrogens is 2. The van der Waals surface area contributed by atoms with Gasteiger partial charge < -0.3 is 4.90 Å². The van der Waals surface area contributed by atoms with Gasteiger partial charge in [0, 0.05) is 12.0 Å². The van der Waals surface area contributed by atoms with Gasteiger partial charge in [-0.05, 0) is 12.8 Å². The number of likely N-dealkylation sites (tertiary alicyclic amines) is 1. The molecule has 1 aromatic heterocycles. The summed E-state index contributed by atoms with van der Waals surface area (Å²) in [5, 5.41) is 0.377. The Labute approximate surface area is 112 Å². The zero-order valence-corrected chi connectivity index (χ0v) is 11.7. The van der Waals surface area contributed by atoms with Crippen LogP contribution in [0, 0.1) is 5.41 Å². The van der Waals surface area contributed by atoms with Crippen LogP contribution in [0.4, 0.5) is 0 Å². The molecule has 0 spiro atoms. The minimum absolute atomic E-state index is 0.0166. The van der Waals surface area contributed by atoms with E-state index in [1.165, 1.54) is 6.20 Å². The summed E-state index contributed by atoms with van der Waals surface area (Å²) in [6, 6.07) is 0.0166. The van der Waals surface area contributed by atoms with E-state index in [0.717, 1.165) is 25.1 Å². The Hall–Kier alpha value is -1.16. The molecule has 98 valence electrons. The molecule has 1 saturated heterocycles. The zero-order valence-electron chi connectivity index (χ0n) is 11.0. The van der Waals surface area contributed by atoms with Crippen molar-refractivity contribution in [1.29, 1.82) is 0 Å². The van der Waals surface area contributed by atoms with Crippen LogP contribution in [0.25, 0.3) is 0 Å². The number of nitrogens with zero attached hydrogens (tertiary/aromatic N) is 3. The van der Waals surface area contributed by atoms with Crippen LogP contribution in [0.1, 0.15) is 45.3 Å². The molecular formula is C13H18ClN3O. The first-order valence-corrected chi connectivity index (χ1v) is 6.56. The average molecular weight is 268 g/mol. The molecule has 1 aliphatic rings. The first kappa shape index (κ1) is 13.3. The summed E-state index contributed by atoms with van der Waals surface area (Å²) in [5.41, 5.74) is 0.423. The summed E-state index contributed by atoms with van der Waals surface area (Å²) in [7, 11) is 0. The number of carbonyl (C=O) groups excluding carboxylic acids is 1. The molecule has 0 saturated carbocycles. The van der Waals surface area contributed by atoms with E-state index in [9.17, 15) is 4.79 Å². The van der Waals surface area contributed by atoms with Crippen LogP contribution in [0.3, 0.4) is 0 Å². The lowest BCUT2D eigenvalue weighted by atomic mass is 9.94. The summed E-state index contributed by atoms with van der Waals surface area (Å²) < 4.78 is 0. The Morgan fingerprint density at radius 3 is 2.78 bits per heavy atom. The number of rotatable bonds is 1. The van der Waals surface area contributed by atoms with Crippen LogP contribution in [0.2, 0.25) is 5.15 Å². The number of carbonyl (C=O) groups is 1. The Kier molecular flexibility index (Phi) is 3.57. The molecule has 1 amide bonds. The van der Waals surface area contributed by atoms with E-state index in [4.69, 9.17) is 11.6 Å². The lowest BCUT2D eigenvalue weighted by Crippen LogP contribution is -2.39. The number of halogens is 1. The fourth-order valence-corrected chi connectivity index (χ4v) is 2.42. The molecule has 1 unspecified atom stereocenters. The molecule has 1 aromatic rings. The van der Waals surface area contributed by atoms with Gasteiger partial charge in [0.1, 0.15) is 5.15 Å². The zero-order chi connectivity index (χ0) is 13.3. The number of amides is 1. The van der Waals surface area contributed by atoms with Crippen molar-refractivity contribution in [2.24, 2.45) is 5.41 Å². The van der Waals surface area contributed by atoms with E-state index in [1.807, 2.05) is 25.7 Å². The van der Waals surface area contributed by atoms with Gasteiger partial charge in [0.2, 0.25) is 5.91 Å². The van der Waals surface area contributed by atoms with Crippen molar-refractivity contribution in [3.05, 3.63) is 23.2 Å². The summed E-state index contributed by atoms with van der Waals surface area (Å²) in [6.07, 6.45) is 5.14. The van der Waals surface area contributed by atoms with Crippen LogP contribution in [-0.4, -0.2) is 27.3 Å². The summed E-state index contributed by atoms with van der Waals surface area (Å²) in [5.74, 6) is 0.159. The molecule has 0 N–H and O–H groups in total. The molecule has 2 heterocycles. The summed E-state index contributed by atoms with van der Waals surface area (Å²) >= 11 is 5.86. The third-order valence-electron chi connectivity index (χ3n) is 3.12. The fraction of sp³-hybridized carbons (Fsp3) is 0.615. The number of hydrogen-bond acceptors (Lipinski definition) is 3. The molecular weight excluding hydrogens is 250 g/mol. The highest BCUT2D eigenvalue weighted by Gasteiger charge is 2.36. The van der Waals surface area contributed by atoms with Crippen molar-refractivity contribution in [3.63, 3.8) is 0 Å². The van der Waals surface area contributed by atoms with Crippen molar-refractivity contribution >= 4 is 17.5 Å². The first-order valence-electron chi connectivity index (χ1n) is 6.18. The lowest BCUT2D eigenvalue weighted by molar-refractivity contribution is -0.140. The molecule has 0 radical (unpaired) electrons. The molecule has 2 rings (SSSR count). The topological polar surface area (TPSA) is 46.1 Å². The molecule has 0 bridgehead atoms. The van der Waals surface area contributed by atoms with Gasteiger partial charge in [0.05, 0.1) is 24.1 Å². The maximum Gasteiger partial charge on any atom is 0.228 e. The van der Waals surface area contributed by atoms with Gasteiger partial charge in [-0.15, -0.1) is 0 Å². The van der Waals surface area contributed by atoms with Crippen LogP contribution in [-0.2, 0) is 4.79 Å². The van der Waals surface area contributed by atoms with Crippen molar-refractivity contribution < 1.29 is 4.79 Å². The predicted octanol–water partition coefficient (Wildman–Crippen LogP) is 2.84. The van der Waals surface area contributed by atoms with E-state index in [1.54, 1.807) is 6.20 Å². The van der Waals surface area contributed by atoms with E-state index >= 15 is 0 Å². The first-order chi connectivity index (χ1) is 8.39. The second-order valence-electron chi connectivity index (χ2n) is 5.67. The molecule has 4 nitrogen and oxygen atoms in total. The normalized spacial score (nSPS) is 20.2. The monoisotopic (exact) mass is 267 g/mol. The Balaban J connectivity index is 2.25. The lowest BCUT2D eigenvalue weighted by Gasteiger charge is -2.30. The molecule has 0 aliphatic carbocycles. The van der Waals surface area contributed by atoms with Gasteiger partial charge in [-0.2, -0.15) is 0 Å². The quantitative estimate of drug-likeness (QED) is 0.786. The SMILES string of the molecule is CC(C)(C)C(=O)N1CCCC1c1cncc(Cl)n1. The van der Waals surface area contributed by atoms with Gasteiger partial charge >= 0.3 is 0 Å². The van der Waals surface area contributed by atoms with Crippen molar-refractivity contribution in [2.75, 3.05) is 6.54 Å². The van der Waals surface area contributed by atoms with Crippen LogP contribution in [0.5, 0.6) is 0 Å². The molecule has 18 heavy (non-hydrogen) atoms. The van der Waals surface area contributed by atoms with Gasteiger partial charge in [-0.25, -0.2) is 4.98 Å². The van der Waals surface area contributed by atoms with Gasteiger partial charge in [-0.1, -0.05) is 32.4 Å². The fourth-order valence-electron chi connectivity index (χ4n) is 2.26. The van der Waals surface area contributed by atoms with Crippen molar-refractivity contribution in [1.82, 2.24) is 14.9 Å². The molecule has 5 heteroatoms. The predicted molar refractivity (Wildman–Crippen MR) is 70.2 cm³/mol.